The van der Waals surface area contributed by atoms with Gasteiger partial charge < -0.3 is 10.2 Å². The summed E-state index contributed by atoms with van der Waals surface area (Å²) < 4.78 is 5.11. The summed E-state index contributed by atoms with van der Waals surface area (Å²) in [6.45, 7) is 0. The summed E-state index contributed by atoms with van der Waals surface area (Å²) in [6.07, 6.45) is 1.43. The predicted molar refractivity (Wildman–Crippen MR) is 46.4 cm³/mol. The lowest BCUT2D eigenvalue weighted by Crippen LogP contribution is -1.82. The lowest BCUT2D eigenvalue weighted by atomic mass is 10.2. The molecule has 1 heterocycles. The normalized spacial score (nSPS) is 10.0. The van der Waals surface area contributed by atoms with Crippen LogP contribution in [0.5, 0.6) is 0 Å². The quantitative estimate of drug-likeness (QED) is 0.693. The Hall–Kier alpha value is -1.77. The van der Waals surface area contributed by atoms with E-state index in [1.807, 2.05) is 30.3 Å². The molecular formula is C9H8N2O. The molecule has 60 valence electrons. The van der Waals surface area contributed by atoms with Crippen LogP contribution >= 0.6 is 0 Å². The fraction of sp³-hybridized carbons (Fsp3) is 0. The summed E-state index contributed by atoms with van der Waals surface area (Å²) in [4.78, 5) is 3.99. The minimum absolute atomic E-state index is 0.411. The Kier molecular flexibility index (Phi) is 1.55. The van der Waals surface area contributed by atoms with E-state index in [1.54, 1.807) is 0 Å². The van der Waals surface area contributed by atoms with Crippen LogP contribution in [-0.4, -0.2) is 4.98 Å². The van der Waals surface area contributed by atoms with Crippen LogP contribution in [0.25, 0.3) is 11.5 Å². The number of aromatic nitrogens is 1. The smallest absolute Gasteiger partial charge is 0.227 e. The summed E-state index contributed by atoms with van der Waals surface area (Å²) in [5.74, 6) is 0.974. The maximum Gasteiger partial charge on any atom is 0.227 e. The maximum atomic E-state index is 5.41. The lowest BCUT2D eigenvalue weighted by Gasteiger charge is -1.91. The zero-order valence-electron chi connectivity index (χ0n) is 6.40. The van der Waals surface area contributed by atoms with Crippen molar-refractivity contribution in [3.8, 4) is 11.5 Å². The summed E-state index contributed by atoms with van der Waals surface area (Å²) in [6, 6.07) is 9.64. The van der Waals surface area contributed by atoms with Gasteiger partial charge in [0.2, 0.25) is 5.89 Å². The van der Waals surface area contributed by atoms with E-state index in [1.165, 1.54) is 6.26 Å². The fourth-order valence-corrected chi connectivity index (χ4v) is 0.999. The molecule has 2 N–H and O–H groups in total. The lowest BCUT2D eigenvalue weighted by molar-refractivity contribution is 0.575. The van der Waals surface area contributed by atoms with Gasteiger partial charge in [-0.1, -0.05) is 18.2 Å². The monoisotopic (exact) mass is 160 g/mol. The van der Waals surface area contributed by atoms with Crippen molar-refractivity contribution < 1.29 is 4.42 Å². The summed E-state index contributed by atoms with van der Waals surface area (Å²) >= 11 is 0. The molecule has 0 amide bonds. The highest BCUT2D eigenvalue weighted by molar-refractivity contribution is 5.54. The van der Waals surface area contributed by atoms with E-state index in [9.17, 15) is 0 Å². The third-order valence-electron chi connectivity index (χ3n) is 1.54. The van der Waals surface area contributed by atoms with E-state index in [0.29, 0.717) is 11.7 Å². The number of nitrogen functional groups attached to an aromatic ring is 1. The highest BCUT2D eigenvalue weighted by atomic mass is 16.3. The molecule has 0 aliphatic heterocycles. The molecule has 0 spiro atoms. The van der Waals surface area contributed by atoms with Crippen molar-refractivity contribution >= 4 is 5.82 Å². The molecule has 12 heavy (non-hydrogen) atoms. The van der Waals surface area contributed by atoms with Crippen molar-refractivity contribution in [2.24, 2.45) is 0 Å². The zero-order valence-corrected chi connectivity index (χ0v) is 6.40. The van der Waals surface area contributed by atoms with E-state index in [4.69, 9.17) is 10.2 Å². The average Bonchev–Trinajstić information content (AvgIpc) is 2.54. The summed E-state index contributed by atoms with van der Waals surface area (Å²) in [5.41, 5.74) is 6.35. The molecule has 0 fully saturated rings. The number of oxazole rings is 1. The van der Waals surface area contributed by atoms with Gasteiger partial charge in [0, 0.05) is 5.56 Å². The molecule has 0 bridgehead atoms. The topological polar surface area (TPSA) is 52.0 Å². The molecule has 2 rings (SSSR count). The standard InChI is InChI=1S/C9H8N2O/c10-8-6-12-9(11-8)7-4-2-1-3-5-7/h1-6H,10H2. The Morgan fingerprint density at radius 2 is 1.92 bits per heavy atom. The Morgan fingerprint density at radius 1 is 1.17 bits per heavy atom. The third kappa shape index (κ3) is 1.16. The van der Waals surface area contributed by atoms with Crippen molar-refractivity contribution in [2.75, 3.05) is 5.73 Å². The minimum Gasteiger partial charge on any atom is -0.442 e. The van der Waals surface area contributed by atoms with Gasteiger partial charge in [0.25, 0.3) is 0 Å². The van der Waals surface area contributed by atoms with Crippen molar-refractivity contribution in [3.05, 3.63) is 36.6 Å². The molecule has 3 nitrogen and oxygen atoms in total. The van der Waals surface area contributed by atoms with Gasteiger partial charge in [-0.05, 0) is 12.1 Å². The first-order valence-corrected chi connectivity index (χ1v) is 3.63. The highest BCUT2D eigenvalue weighted by Gasteiger charge is 2.01. The Balaban J connectivity index is 2.45. The van der Waals surface area contributed by atoms with Crippen LogP contribution in [-0.2, 0) is 0 Å². The zero-order chi connectivity index (χ0) is 8.39. The fourth-order valence-electron chi connectivity index (χ4n) is 0.999. The largest absolute Gasteiger partial charge is 0.442 e. The average molecular weight is 160 g/mol. The third-order valence-corrected chi connectivity index (χ3v) is 1.54. The van der Waals surface area contributed by atoms with E-state index < -0.39 is 0 Å². The predicted octanol–water partition coefficient (Wildman–Crippen LogP) is 1.92. The van der Waals surface area contributed by atoms with Gasteiger partial charge in [-0.2, -0.15) is 4.98 Å². The molecule has 2 aromatic rings. The van der Waals surface area contributed by atoms with Crippen molar-refractivity contribution in [1.29, 1.82) is 0 Å². The van der Waals surface area contributed by atoms with Gasteiger partial charge in [0.1, 0.15) is 6.26 Å². The molecule has 0 atom stereocenters. The molecule has 0 aliphatic carbocycles. The molecule has 0 unspecified atom stereocenters. The number of hydrogen-bond donors (Lipinski definition) is 1. The molecule has 0 radical (unpaired) electrons. The molecule has 1 aromatic heterocycles. The van der Waals surface area contributed by atoms with Crippen LogP contribution in [0.1, 0.15) is 0 Å². The second-order valence-corrected chi connectivity index (χ2v) is 2.44. The van der Waals surface area contributed by atoms with E-state index in [-0.39, 0.29) is 0 Å². The van der Waals surface area contributed by atoms with Crippen molar-refractivity contribution in [3.63, 3.8) is 0 Å². The first kappa shape index (κ1) is 6.91. The van der Waals surface area contributed by atoms with Gasteiger partial charge in [-0.3, -0.25) is 0 Å². The van der Waals surface area contributed by atoms with E-state index in [0.717, 1.165) is 5.56 Å². The van der Waals surface area contributed by atoms with E-state index in [2.05, 4.69) is 4.98 Å². The molecule has 1 aromatic carbocycles. The first-order chi connectivity index (χ1) is 5.86. The summed E-state index contributed by atoms with van der Waals surface area (Å²) in [5, 5.41) is 0. The molecule has 3 heteroatoms. The summed E-state index contributed by atoms with van der Waals surface area (Å²) in [7, 11) is 0. The maximum absolute atomic E-state index is 5.41. The van der Waals surface area contributed by atoms with Gasteiger partial charge in [-0.15, -0.1) is 0 Å². The number of rotatable bonds is 1. The second-order valence-electron chi connectivity index (χ2n) is 2.44. The minimum atomic E-state index is 0.411. The van der Waals surface area contributed by atoms with Gasteiger partial charge in [-0.25, -0.2) is 0 Å². The van der Waals surface area contributed by atoms with Gasteiger partial charge >= 0.3 is 0 Å². The SMILES string of the molecule is Nc1coc(-c2ccccc2)n1. The van der Waals surface area contributed by atoms with Crippen LogP contribution in [0.4, 0.5) is 5.82 Å². The van der Waals surface area contributed by atoms with Crippen LogP contribution in [0.3, 0.4) is 0 Å². The van der Waals surface area contributed by atoms with Crippen LogP contribution in [0, 0.1) is 0 Å². The molecule has 0 aliphatic rings. The number of nitrogens with two attached hydrogens (primary N) is 1. The Morgan fingerprint density at radius 3 is 2.50 bits per heavy atom. The van der Waals surface area contributed by atoms with Crippen molar-refractivity contribution in [2.45, 2.75) is 0 Å². The van der Waals surface area contributed by atoms with Crippen molar-refractivity contribution in [1.82, 2.24) is 4.98 Å². The van der Waals surface area contributed by atoms with Crippen LogP contribution in [0.2, 0.25) is 0 Å². The number of nitrogens with zero attached hydrogens (tertiary/aromatic N) is 1. The van der Waals surface area contributed by atoms with Gasteiger partial charge in [0.15, 0.2) is 5.82 Å². The Bertz CT molecular complexity index is 367. The van der Waals surface area contributed by atoms with Crippen LogP contribution < -0.4 is 5.73 Å². The van der Waals surface area contributed by atoms with Crippen LogP contribution in [0.15, 0.2) is 41.0 Å². The number of anilines is 1. The van der Waals surface area contributed by atoms with Gasteiger partial charge in [0.05, 0.1) is 0 Å². The molecule has 0 saturated heterocycles. The molecule has 0 saturated carbocycles. The second kappa shape index (κ2) is 2.70. The first-order valence-electron chi connectivity index (χ1n) is 3.63. The highest BCUT2D eigenvalue weighted by Crippen LogP contribution is 2.18. The Labute approximate surface area is 69.8 Å². The number of benzene rings is 1. The number of hydrogen-bond acceptors (Lipinski definition) is 3. The molecular weight excluding hydrogens is 152 g/mol. The van der Waals surface area contributed by atoms with E-state index >= 15 is 0 Å².